The first-order valence-electron chi connectivity index (χ1n) is 5.80. The van der Waals surface area contributed by atoms with E-state index in [9.17, 15) is 4.39 Å². The van der Waals surface area contributed by atoms with Crippen LogP contribution in [0.4, 0.5) is 4.39 Å². The molecule has 0 aliphatic carbocycles. The molecular formula is C15H12FNO2. The molecule has 0 saturated heterocycles. The first-order chi connectivity index (χ1) is 9.29. The molecule has 4 heteroatoms. The van der Waals surface area contributed by atoms with Gasteiger partial charge in [0.15, 0.2) is 0 Å². The lowest BCUT2D eigenvalue weighted by atomic mass is 10.2. The third kappa shape index (κ3) is 3.71. The number of hydrogen-bond acceptors (Lipinski definition) is 3. The van der Waals surface area contributed by atoms with E-state index in [1.54, 1.807) is 12.1 Å². The van der Waals surface area contributed by atoms with Crippen LogP contribution in [-0.2, 0) is 0 Å². The van der Waals surface area contributed by atoms with Crippen molar-refractivity contribution >= 4 is 0 Å². The zero-order valence-corrected chi connectivity index (χ0v) is 10.2. The van der Waals surface area contributed by atoms with Crippen LogP contribution in [0.2, 0.25) is 0 Å². The Bertz CT molecular complexity index is 578. The molecule has 96 valence electrons. The average Bonchev–Trinajstić information content (AvgIpc) is 2.45. The topological polar surface area (TPSA) is 42.2 Å². The van der Waals surface area contributed by atoms with Gasteiger partial charge in [0.25, 0.3) is 0 Å². The van der Waals surface area contributed by atoms with Crippen molar-refractivity contribution in [1.82, 2.24) is 0 Å². The largest absolute Gasteiger partial charge is 0.490 e. The van der Waals surface area contributed by atoms with Gasteiger partial charge in [-0.3, -0.25) is 0 Å². The van der Waals surface area contributed by atoms with Crippen molar-refractivity contribution in [2.75, 3.05) is 13.2 Å². The van der Waals surface area contributed by atoms with E-state index in [0.717, 1.165) is 5.75 Å². The summed E-state index contributed by atoms with van der Waals surface area (Å²) >= 11 is 0. The Morgan fingerprint density at radius 1 is 0.947 bits per heavy atom. The quantitative estimate of drug-likeness (QED) is 0.773. The molecule has 19 heavy (non-hydrogen) atoms. The van der Waals surface area contributed by atoms with Gasteiger partial charge in [-0.05, 0) is 24.3 Å². The maximum Gasteiger partial charge on any atom is 0.144 e. The number of hydrogen-bond donors (Lipinski definition) is 0. The molecule has 0 amide bonds. The van der Waals surface area contributed by atoms with Crippen LogP contribution in [0, 0.1) is 17.1 Å². The van der Waals surface area contributed by atoms with Crippen molar-refractivity contribution < 1.29 is 13.9 Å². The van der Waals surface area contributed by atoms with E-state index >= 15 is 0 Å². The van der Waals surface area contributed by atoms with Gasteiger partial charge in [-0.2, -0.15) is 5.26 Å². The Kier molecular flexibility index (Phi) is 4.35. The molecule has 0 heterocycles. The smallest absolute Gasteiger partial charge is 0.144 e. The maximum absolute atomic E-state index is 13.3. The second kappa shape index (κ2) is 6.41. The lowest BCUT2D eigenvalue weighted by molar-refractivity contribution is 0.216. The summed E-state index contributed by atoms with van der Waals surface area (Å²) in [5.74, 6) is 0.564. The van der Waals surface area contributed by atoms with Crippen LogP contribution in [0.15, 0.2) is 48.5 Å². The fourth-order valence-electron chi connectivity index (χ4n) is 1.51. The number of halogens is 1. The number of rotatable bonds is 5. The Hall–Kier alpha value is -2.54. The summed E-state index contributed by atoms with van der Waals surface area (Å²) in [6.07, 6.45) is 0. The molecule has 0 aliphatic rings. The summed E-state index contributed by atoms with van der Waals surface area (Å²) in [6, 6.07) is 15.3. The molecule has 2 aromatic carbocycles. The molecule has 0 aliphatic heterocycles. The number of ether oxygens (including phenoxy) is 2. The molecule has 0 fully saturated rings. The SMILES string of the molecule is N#Cc1ccc(OCCOc2ccccc2)cc1F. The normalized spacial score (nSPS) is 9.68. The van der Waals surface area contributed by atoms with Gasteiger partial charge in [-0.25, -0.2) is 4.39 Å². The van der Waals surface area contributed by atoms with Crippen molar-refractivity contribution in [2.24, 2.45) is 0 Å². The second-order valence-corrected chi connectivity index (χ2v) is 3.76. The summed E-state index contributed by atoms with van der Waals surface area (Å²) in [5, 5.41) is 8.60. The molecule has 0 radical (unpaired) electrons. The summed E-state index contributed by atoms with van der Waals surface area (Å²) in [7, 11) is 0. The molecule has 0 saturated carbocycles. The molecule has 0 bridgehead atoms. The Morgan fingerprint density at radius 2 is 1.63 bits per heavy atom. The first-order valence-corrected chi connectivity index (χ1v) is 5.80. The van der Waals surface area contributed by atoms with E-state index in [1.165, 1.54) is 12.1 Å². The fraction of sp³-hybridized carbons (Fsp3) is 0.133. The molecule has 0 N–H and O–H groups in total. The highest BCUT2D eigenvalue weighted by Crippen LogP contribution is 2.16. The summed E-state index contributed by atoms with van der Waals surface area (Å²) in [5.41, 5.74) is 0.00730. The van der Waals surface area contributed by atoms with Crippen molar-refractivity contribution in [3.8, 4) is 17.6 Å². The number of para-hydroxylation sites is 1. The summed E-state index contributed by atoms with van der Waals surface area (Å²) in [6.45, 7) is 0.672. The van der Waals surface area contributed by atoms with Gasteiger partial charge in [0.1, 0.15) is 36.6 Å². The van der Waals surface area contributed by atoms with E-state index in [0.29, 0.717) is 19.0 Å². The molecule has 2 aromatic rings. The van der Waals surface area contributed by atoms with E-state index in [2.05, 4.69) is 0 Å². The van der Waals surface area contributed by atoms with E-state index in [1.807, 2.05) is 30.3 Å². The minimum absolute atomic E-state index is 0.00730. The van der Waals surface area contributed by atoms with Gasteiger partial charge >= 0.3 is 0 Å². The standard InChI is InChI=1S/C15H12FNO2/c16-15-10-14(7-6-12(15)11-17)19-9-8-18-13-4-2-1-3-5-13/h1-7,10H,8-9H2. The first kappa shape index (κ1) is 12.9. The second-order valence-electron chi connectivity index (χ2n) is 3.76. The van der Waals surface area contributed by atoms with Gasteiger partial charge in [0.05, 0.1) is 5.56 Å². The Morgan fingerprint density at radius 3 is 2.26 bits per heavy atom. The molecule has 2 rings (SSSR count). The van der Waals surface area contributed by atoms with E-state index in [-0.39, 0.29) is 5.56 Å². The van der Waals surface area contributed by atoms with Gasteiger partial charge < -0.3 is 9.47 Å². The Balaban J connectivity index is 1.80. The highest BCUT2D eigenvalue weighted by molar-refractivity contribution is 5.36. The van der Waals surface area contributed by atoms with Gasteiger partial charge in [-0.1, -0.05) is 18.2 Å². The third-order valence-corrected chi connectivity index (χ3v) is 2.42. The van der Waals surface area contributed by atoms with Crippen molar-refractivity contribution in [2.45, 2.75) is 0 Å². The van der Waals surface area contributed by atoms with Crippen LogP contribution in [0.3, 0.4) is 0 Å². The summed E-state index contributed by atoms with van der Waals surface area (Å²) < 4.78 is 24.1. The minimum atomic E-state index is -0.580. The van der Waals surface area contributed by atoms with Gasteiger partial charge in [0, 0.05) is 6.07 Å². The molecule has 3 nitrogen and oxygen atoms in total. The predicted octanol–water partition coefficient (Wildman–Crippen LogP) is 3.16. The van der Waals surface area contributed by atoms with Crippen LogP contribution in [0.25, 0.3) is 0 Å². The molecular weight excluding hydrogens is 245 g/mol. The molecule has 0 unspecified atom stereocenters. The highest BCUT2D eigenvalue weighted by atomic mass is 19.1. The average molecular weight is 257 g/mol. The molecule has 0 spiro atoms. The van der Waals surface area contributed by atoms with Crippen molar-refractivity contribution in [3.05, 3.63) is 59.9 Å². The highest BCUT2D eigenvalue weighted by Gasteiger charge is 2.03. The Labute approximate surface area is 110 Å². The molecule has 0 aromatic heterocycles. The number of nitriles is 1. The van der Waals surface area contributed by atoms with Crippen LogP contribution in [0.1, 0.15) is 5.56 Å². The van der Waals surface area contributed by atoms with Crippen molar-refractivity contribution in [3.63, 3.8) is 0 Å². The van der Waals surface area contributed by atoms with Gasteiger partial charge in [-0.15, -0.1) is 0 Å². The van der Waals surface area contributed by atoms with E-state index < -0.39 is 5.82 Å². The van der Waals surface area contributed by atoms with Crippen LogP contribution in [0.5, 0.6) is 11.5 Å². The predicted molar refractivity (Wildman–Crippen MR) is 68.5 cm³/mol. The van der Waals surface area contributed by atoms with Gasteiger partial charge in [0.2, 0.25) is 0 Å². The monoisotopic (exact) mass is 257 g/mol. The molecule has 0 atom stereocenters. The lowest BCUT2D eigenvalue weighted by Crippen LogP contribution is -2.09. The third-order valence-electron chi connectivity index (χ3n) is 2.42. The zero-order chi connectivity index (χ0) is 13.5. The van der Waals surface area contributed by atoms with Crippen LogP contribution in [-0.4, -0.2) is 13.2 Å². The van der Waals surface area contributed by atoms with E-state index in [4.69, 9.17) is 14.7 Å². The number of nitrogens with zero attached hydrogens (tertiary/aromatic N) is 1. The number of benzene rings is 2. The van der Waals surface area contributed by atoms with Crippen molar-refractivity contribution in [1.29, 1.82) is 5.26 Å². The minimum Gasteiger partial charge on any atom is -0.490 e. The van der Waals surface area contributed by atoms with Crippen LogP contribution >= 0.6 is 0 Å². The van der Waals surface area contributed by atoms with Crippen LogP contribution < -0.4 is 9.47 Å². The zero-order valence-electron chi connectivity index (χ0n) is 10.2. The lowest BCUT2D eigenvalue weighted by Gasteiger charge is -2.08. The maximum atomic E-state index is 13.3. The fourth-order valence-corrected chi connectivity index (χ4v) is 1.51. The summed E-state index contributed by atoms with van der Waals surface area (Å²) in [4.78, 5) is 0.